The summed E-state index contributed by atoms with van der Waals surface area (Å²) >= 11 is 1.15. The molecule has 0 aliphatic carbocycles. The molecular weight excluding hydrogens is 375 g/mol. The van der Waals surface area contributed by atoms with Crippen molar-refractivity contribution in [3.05, 3.63) is 46.7 Å². The Bertz CT molecular complexity index is 1030. The summed E-state index contributed by atoms with van der Waals surface area (Å²) in [5, 5.41) is 7.39. The van der Waals surface area contributed by atoms with Crippen molar-refractivity contribution in [1.82, 2.24) is 15.1 Å². The Balaban J connectivity index is 1.77. The van der Waals surface area contributed by atoms with Crippen molar-refractivity contribution in [3.8, 4) is 5.69 Å². The fourth-order valence-electron chi connectivity index (χ4n) is 2.34. The van der Waals surface area contributed by atoms with E-state index in [9.17, 15) is 18.8 Å². The molecule has 0 aliphatic heterocycles. The van der Waals surface area contributed by atoms with E-state index in [1.807, 2.05) is 0 Å². The van der Waals surface area contributed by atoms with E-state index < -0.39 is 24.4 Å². The first-order valence-corrected chi connectivity index (χ1v) is 8.64. The van der Waals surface area contributed by atoms with Crippen LogP contribution in [0.4, 0.5) is 4.39 Å². The van der Waals surface area contributed by atoms with E-state index in [1.54, 1.807) is 29.8 Å². The van der Waals surface area contributed by atoms with Gasteiger partial charge < -0.3 is 15.8 Å². The lowest BCUT2D eigenvalue weighted by Gasteiger charge is -2.04. The summed E-state index contributed by atoms with van der Waals surface area (Å²) in [4.78, 5) is 35.3. The first-order chi connectivity index (χ1) is 12.8. The van der Waals surface area contributed by atoms with Gasteiger partial charge in [0.05, 0.1) is 17.9 Å². The number of carbonyl (C=O) groups is 3. The second-order valence-corrected chi connectivity index (χ2v) is 6.65. The normalized spacial score (nSPS) is 10.7. The fourth-order valence-corrected chi connectivity index (χ4v) is 3.42. The molecule has 0 unspecified atom stereocenters. The van der Waals surface area contributed by atoms with E-state index in [0.717, 1.165) is 16.7 Å². The Morgan fingerprint density at radius 3 is 2.67 bits per heavy atom. The van der Waals surface area contributed by atoms with Gasteiger partial charge in [-0.2, -0.15) is 5.10 Å². The highest BCUT2D eigenvalue weighted by atomic mass is 32.1. The van der Waals surface area contributed by atoms with Gasteiger partial charge in [0.1, 0.15) is 15.5 Å². The van der Waals surface area contributed by atoms with Crippen LogP contribution in [-0.2, 0) is 14.3 Å². The van der Waals surface area contributed by atoms with Gasteiger partial charge in [0.25, 0.3) is 5.91 Å². The molecule has 3 aromatic rings. The van der Waals surface area contributed by atoms with Crippen LogP contribution >= 0.6 is 11.3 Å². The van der Waals surface area contributed by atoms with Crippen molar-refractivity contribution in [2.75, 3.05) is 13.2 Å². The van der Waals surface area contributed by atoms with Crippen molar-refractivity contribution in [3.63, 3.8) is 0 Å². The molecule has 3 rings (SSSR count). The van der Waals surface area contributed by atoms with Crippen LogP contribution in [-0.4, -0.2) is 40.7 Å². The number of rotatable bonds is 6. The van der Waals surface area contributed by atoms with Crippen molar-refractivity contribution in [2.24, 2.45) is 5.73 Å². The monoisotopic (exact) mass is 390 g/mol. The molecule has 3 N–H and O–H groups in total. The third-order valence-corrected chi connectivity index (χ3v) is 4.70. The first kappa shape index (κ1) is 18.5. The van der Waals surface area contributed by atoms with Gasteiger partial charge in [-0.3, -0.25) is 9.59 Å². The predicted molar refractivity (Wildman–Crippen MR) is 96.1 cm³/mol. The van der Waals surface area contributed by atoms with E-state index in [-0.39, 0.29) is 12.4 Å². The number of primary amides is 1. The number of thiophene rings is 1. The SMILES string of the molecule is Cc1nn(-c2ccc(F)cc2)c2sc(C(=O)OCC(=O)NCC(N)=O)cc12. The van der Waals surface area contributed by atoms with Crippen LogP contribution in [0.3, 0.4) is 0 Å². The molecule has 0 bridgehead atoms. The third-order valence-electron chi connectivity index (χ3n) is 3.61. The quantitative estimate of drug-likeness (QED) is 0.615. The van der Waals surface area contributed by atoms with Crippen LogP contribution in [0.2, 0.25) is 0 Å². The summed E-state index contributed by atoms with van der Waals surface area (Å²) in [7, 11) is 0. The van der Waals surface area contributed by atoms with Crippen LogP contribution in [0.15, 0.2) is 30.3 Å². The lowest BCUT2D eigenvalue weighted by Crippen LogP contribution is -2.35. The van der Waals surface area contributed by atoms with Gasteiger partial charge >= 0.3 is 5.97 Å². The molecule has 0 saturated heterocycles. The Morgan fingerprint density at radius 2 is 2.00 bits per heavy atom. The van der Waals surface area contributed by atoms with Crippen molar-refractivity contribution >= 4 is 39.3 Å². The number of aryl methyl sites for hydroxylation is 1. The second kappa shape index (κ2) is 7.54. The molecule has 2 amide bonds. The molecule has 2 aromatic heterocycles. The fraction of sp³-hybridized carbons (Fsp3) is 0.176. The van der Waals surface area contributed by atoms with Gasteiger partial charge in [-0.05, 0) is 37.3 Å². The number of esters is 1. The molecule has 1 aromatic carbocycles. The summed E-state index contributed by atoms with van der Waals surface area (Å²) in [6.07, 6.45) is 0. The van der Waals surface area contributed by atoms with Crippen LogP contribution in [0.25, 0.3) is 15.9 Å². The Hall–Kier alpha value is -3.27. The molecule has 8 nitrogen and oxygen atoms in total. The van der Waals surface area contributed by atoms with E-state index in [4.69, 9.17) is 10.5 Å². The minimum atomic E-state index is -0.694. The van der Waals surface area contributed by atoms with E-state index in [0.29, 0.717) is 21.1 Å². The number of halogens is 1. The van der Waals surface area contributed by atoms with E-state index in [1.165, 1.54) is 12.1 Å². The zero-order valence-corrected chi connectivity index (χ0v) is 15.0. The maximum absolute atomic E-state index is 13.1. The Labute approximate surface area is 156 Å². The average molecular weight is 390 g/mol. The van der Waals surface area contributed by atoms with Crippen molar-refractivity contribution in [2.45, 2.75) is 6.92 Å². The van der Waals surface area contributed by atoms with Gasteiger partial charge in [0, 0.05) is 5.39 Å². The number of ether oxygens (including phenoxy) is 1. The molecule has 2 heterocycles. The molecule has 140 valence electrons. The van der Waals surface area contributed by atoms with E-state index in [2.05, 4.69) is 10.4 Å². The molecule has 0 radical (unpaired) electrons. The number of hydrogen-bond acceptors (Lipinski definition) is 6. The summed E-state index contributed by atoms with van der Waals surface area (Å²) in [6.45, 7) is 0.941. The van der Waals surface area contributed by atoms with Crippen LogP contribution in [0.1, 0.15) is 15.4 Å². The number of aromatic nitrogens is 2. The molecule has 0 atom stereocenters. The minimum Gasteiger partial charge on any atom is -0.451 e. The minimum absolute atomic E-state index is 0.295. The summed E-state index contributed by atoms with van der Waals surface area (Å²) in [5.41, 5.74) is 6.27. The van der Waals surface area contributed by atoms with Gasteiger partial charge in [-0.15, -0.1) is 11.3 Å². The lowest BCUT2D eigenvalue weighted by atomic mass is 10.3. The van der Waals surface area contributed by atoms with E-state index >= 15 is 0 Å². The smallest absolute Gasteiger partial charge is 0.348 e. The number of nitrogens with one attached hydrogen (secondary N) is 1. The summed E-state index contributed by atoms with van der Waals surface area (Å²) in [5.74, 6) is -2.35. The highest BCUT2D eigenvalue weighted by Gasteiger charge is 2.19. The number of fused-ring (bicyclic) bond motifs is 1. The number of nitrogens with zero attached hydrogens (tertiary/aromatic N) is 2. The topological polar surface area (TPSA) is 116 Å². The molecule has 0 spiro atoms. The van der Waals surface area contributed by atoms with Crippen molar-refractivity contribution in [1.29, 1.82) is 0 Å². The molecule has 27 heavy (non-hydrogen) atoms. The highest BCUT2D eigenvalue weighted by Crippen LogP contribution is 2.30. The molecule has 0 aliphatic rings. The number of nitrogens with two attached hydrogens (primary N) is 1. The summed E-state index contributed by atoms with van der Waals surface area (Å²) in [6, 6.07) is 7.45. The number of amides is 2. The number of benzene rings is 1. The molecule has 0 saturated carbocycles. The lowest BCUT2D eigenvalue weighted by molar-refractivity contribution is -0.127. The zero-order valence-electron chi connectivity index (χ0n) is 14.2. The summed E-state index contributed by atoms with van der Waals surface area (Å²) < 4.78 is 19.7. The maximum Gasteiger partial charge on any atom is 0.348 e. The van der Waals surface area contributed by atoms with Crippen LogP contribution in [0, 0.1) is 12.7 Å². The first-order valence-electron chi connectivity index (χ1n) is 7.82. The average Bonchev–Trinajstić information content (AvgIpc) is 3.19. The Morgan fingerprint density at radius 1 is 1.30 bits per heavy atom. The maximum atomic E-state index is 13.1. The Kier molecular flexibility index (Phi) is 5.17. The second-order valence-electron chi connectivity index (χ2n) is 5.62. The van der Waals surface area contributed by atoms with Gasteiger partial charge in [0.2, 0.25) is 5.91 Å². The van der Waals surface area contributed by atoms with Crippen LogP contribution < -0.4 is 11.1 Å². The number of hydrogen-bond donors (Lipinski definition) is 2. The van der Waals surface area contributed by atoms with Gasteiger partial charge in [-0.25, -0.2) is 13.9 Å². The molecule has 0 fully saturated rings. The third kappa shape index (κ3) is 4.11. The zero-order chi connectivity index (χ0) is 19.6. The largest absolute Gasteiger partial charge is 0.451 e. The standard InChI is InChI=1S/C17H15FN4O4S/c1-9-12-6-13(17(25)26-8-15(24)20-7-14(19)23)27-16(12)22(21-9)11-4-2-10(18)3-5-11/h2-6H,7-8H2,1H3,(H2,19,23)(H,20,24). The van der Waals surface area contributed by atoms with Gasteiger partial charge in [0.15, 0.2) is 6.61 Å². The number of carbonyl (C=O) groups excluding carboxylic acids is 3. The van der Waals surface area contributed by atoms with Gasteiger partial charge in [-0.1, -0.05) is 0 Å². The molecule has 10 heteroatoms. The van der Waals surface area contributed by atoms with Crippen LogP contribution in [0.5, 0.6) is 0 Å². The highest BCUT2D eigenvalue weighted by molar-refractivity contribution is 7.20. The molecular formula is C17H15FN4O4S. The predicted octanol–water partition coefficient (Wildman–Crippen LogP) is 1.29. The van der Waals surface area contributed by atoms with Crippen molar-refractivity contribution < 1.29 is 23.5 Å².